The molecule has 0 amide bonds. The minimum Gasteiger partial charge on any atom is -0.361 e. The van der Waals surface area contributed by atoms with Crippen LogP contribution in [-0.4, -0.2) is 22.0 Å². The largest absolute Gasteiger partial charge is 0.361 e. The van der Waals surface area contributed by atoms with E-state index in [0.29, 0.717) is 12.8 Å². The third-order valence-corrected chi connectivity index (χ3v) is 5.44. The van der Waals surface area contributed by atoms with Crippen molar-refractivity contribution in [2.24, 2.45) is 10.7 Å². The van der Waals surface area contributed by atoms with Crippen LogP contribution < -0.4 is 16.4 Å². The van der Waals surface area contributed by atoms with Crippen molar-refractivity contribution in [1.29, 1.82) is 0 Å². The van der Waals surface area contributed by atoms with Gasteiger partial charge in [-0.3, -0.25) is 10.7 Å². The van der Waals surface area contributed by atoms with Gasteiger partial charge in [-0.05, 0) is 67.4 Å². The van der Waals surface area contributed by atoms with Crippen molar-refractivity contribution in [3.05, 3.63) is 77.6 Å². The summed E-state index contributed by atoms with van der Waals surface area (Å²) in [6, 6.07) is 13.0. The summed E-state index contributed by atoms with van der Waals surface area (Å²) < 4.78 is 13.6. The lowest BCUT2D eigenvalue weighted by atomic mass is 10.0. The Morgan fingerprint density at radius 3 is 2.90 bits per heavy atom. The summed E-state index contributed by atoms with van der Waals surface area (Å²) in [6.45, 7) is 2.04. The van der Waals surface area contributed by atoms with E-state index in [2.05, 4.69) is 37.7 Å². The maximum absolute atomic E-state index is 13.6. The Kier molecular flexibility index (Phi) is 4.33. The number of aromatic nitrogens is 2. The Labute approximate surface area is 173 Å². The molecule has 5 rings (SSSR count). The number of hydrogen-bond donors (Lipinski definition) is 5. The molecule has 1 aliphatic heterocycles. The van der Waals surface area contributed by atoms with Gasteiger partial charge in [0.25, 0.3) is 0 Å². The van der Waals surface area contributed by atoms with Crippen molar-refractivity contribution in [2.75, 3.05) is 5.32 Å². The van der Waals surface area contributed by atoms with Gasteiger partial charge in [0.05, 0.1) is 0 Å². The van der Waals surface area contributed by atoms with Crippen LogP contribution in [0.1, 0.15) is 17.7 Å². The quantitative estimate of drug-likeness (QED) is 0.345. The molecule has 0 saturated carbocycles. The topological polar surface area (TPSA) is 94.0 Å². The number of fused-ring (bicyclic) bond motifs is 2. The molecule has 6 N–H and O–H groups in total. The SMILES string of the molecule is Cc1cc2cc(NC3=CC=NC(N)(CCc4c[nH]c5ccc(F)cc45)N3)ccc2[nH]1. The van der Waals surface area contributed by atoms with E-state index in [9.17, 15) is 4.39 Å². The molecule has 0 aliphatic carbocycles. The number of benzene rings is 2. The van der Waals surface area contributed by atoms with Gasteiger partial charge < -0.3 is 20.6 Å². The normalized spacial score (nSPS) is 18.6. The first-order valence-corrected chi connectivity index (χ1v) is 9.92. The van der Waals surface area contributed by atoms with Crippen molar-refractivity contribution in [3.63, 3.8) is 0 Å². The molecule has 1 atom stereocenters. The van der Waals surface area contributed by atoms with Crippen LogP contribution in [0.25, 0.3) is 21.8 Å². The predicted octanol–water partition coefficient (Wildman–Crippen LogP) is 4.27. The van der Waals surface area contributed by atoms with E-state index in [1.54, 1.807) is 18.3 Å². The summed E-state index contributed by atoms with van der Waals surface area (Å²) >= 11 is 0. The van der Waals surface area contributed by atoms with Crippen molar-refractivity contribution >= 4 is 33.7 Å². The highest BCUT2D eigenvalue weighted by Gasteiger charge is 2.26. The highest BCUT2D eigenvalue weighted by Crippen LogP contribution is 2.24. The molecular formula is C23H23FN6. The lowest BCUT2D eigenvalue weighted by Crippen LogP contribution is -2.54. The monoisotopic (exact) mass is 402 g/mol. The van der Waals surface area contributed by atoms with Crippen LogP contribution in [0.4, 0.5) is 10.1 Å². The zero-order valence-corrected chi connectivity index (χ0v) is 16.6. The molecule has 2 aromatic heterocycles. The van der Waals surface area contributed by atoms with E-state index in [1.165, 1.54) is 6.07 Å². The zero-order chi connectivity index (χ0) is 20.7. The lowest BCUT2D eigenvalue weighted by molar-refractivity contribution is 0.356. The Bertz CT molecular complexity index is 1300. The van der Waals surface area contributed by atoms with Crippen LogP contribution in [0, 0.1) is 12.7 Å². The third kappa shape index (κ3) is 3.55. The molecule has 3 heterocycles. The first-order chi connectivity index (χ1) is 14.5. The van der Waals surface area contributed by atoms with Crippen LogP contribution in [-0.2, 0) is 6.42 Å². The first-order valence-electron chi connectivity index (χ1n) is 9.92. The summed E-state index contributed by atoms with van der Waals surface area (Å²) in [5.74, 6) is -0.407. The van der Waals surface area contributed by atoms with Crippen molar-refractivity contribution < 1.29 is 4.39 Å². The predicted molar refractivity (Wildman–Crippen MR) is 120 cm³/mol. The average molecular weight is 402 g/mol. The summed E-state index contributed by atoms with van der Waals surface area (Å²) in [5, 5.41) is 8.69. The first kappa shape index (κ1) is 18.4. The second-order valence-corrected chi connectivity index (χ2v) is 7.79. The van der Waals surface area contributed by atoms with Crippen molar-refractivity contribution in [1.82, 2.24) is 15.3 Å². The number of rotatable bonds is 5. The molecule has 6 nitrogen and oxygen atoms in total. The standard InChI is InChI=1S/C23H23FN6/c1-14-10-16-11-18(3-5-20(16)28-14)29-22-7-9-27-23(25,30-22)8-6-15-13-26-21-4-2-17(24)12-19(15)21/h2-5,7,9-13,26,28-30H,6,8,25H2,1H3. The number of H-pyrrole nitrogens is 2. The van der Waals surface area contributed by atoms with Crippen LogP contribution in [0.2, 0.25) is 0 Å². The fourth-order valence-corrected chi connectivity index (χ4v) is 3.95. The highest BCUT2D eigenvalue weighted by atomic mass is 19.1. The summed E-state index contributed by atoms with van der Waals surface area (Å²) in [4.78, 5) is 10.9. The number of allylic oxidation sites excluding steroid dienone is 1. The molecule has 0 bridgehead atoms. The van der Waals surface area contributed by atoms with Crippen molar-refractivity contribution in [3.8, 4) is 0 Å². The third-order valence-electron chi connectivity index (χ3n) is 5.44. The second-order valence-electron chi connectivity index (χ2n) is 7.79. The molecule has 4 aromatic rings. The van der Waals surface area contributed by atoms with Gasteiger partial charge in [-0.25, -0.2) is 4.39 Å². The van der Waals surface area contributed by atoms with Crippen molar-refractivity contribution in [2.45, 2.75) is 25.6 Å². The fraction of sp³-hybridized carbons (Fsp3) is 0.174. The van der Waals surface area contributed by atoms with Gasteiger partial charge >= 0.3 is 0 Å². The summed E-state index contributed by atoms with van der Waals surface area (Å²) in [6.07, 6.45) is 6.70. The van der Waals surface area contributed by atoms with E-state index < -0.39 is 5.79 Å². The fourth-order valence-electron chi connectivity index (χ4n) is 3.95. The van der Waals surface area contributed by atoms with E-state index in [4.69, 9.17) is 5.73 Å². The van der Waals surface area contributed by atoms with Gasteiger partial charge in [-0.1, -0.05) is 0 Å². The number of hydrogen-bond acceptors (Lipinski definition) is 4. The number of nitrogens with zero attached hydrogens (tertiary/aromatic N) is 1. The molecular weight excluding hydrogens is 379 g/mol. The maximum Gasteiger partial charge on any atom is 0.183 e. The average Bonchev–Trinajstić information content (AvgIpc) is 3.28. The number of anilines is 1. The van der Waals surface area contributed by atoms with E-state index in [1.807, 2.05) is 31.3 Å². The molecule has 0 saturated heterocycles. The Morgan fingerprint density at radius 1 is 1.13 bits per heavy atom. The maximum atomic E-state index is 13.6. The van der Waals surface area contributed by atoms with Crippen LogP contribution >= 0.6 is 0 Å². The van der Waals surface area contributed by atoms with Gasteiger partial charge in [0.2, 0.25) is 0 Å². The minimum atomic E-state index is -0.942. The van der Waals surface area contributed by atoms with Gasteiger partial charge in [0.1, 0.15) is 11.6 Å². The number of nitrogens with two attached hydrogens (primary N) is 1. The van der Waals surface area contributed by atoms with Gasteiger partial charge in [-0.2, -0.15) is 0 Å². The highest BCUT2D eigenvalue weighted by molar-refractivity contribution is 5.85. The van der Waals surface area contributed by atoms with Gasteiger partial charge in [-0.15, -0.1) is 0 Å². The number of aryl methyl sites for hydroxylation is 2. The van der Waals surface area contributed by atoms with E-state index in [-0.39, 0.29) is 5.82 Å². The Hall–Kier alpha value is -3.58. The summed E-state index contributed by atoms with van der Waals surface area (Å²) in [5.41, 5.74) is 11.6. The van der Waals surface area contributed by atoms with E-state index in [0.717, 1.165) is 44.6 Å². The van der Waals surface area contributed by atoms with Crippen LogP contribution in [0.15, 0.2) is 65.6 Å². The molecule has 0 radical (unpaired) electrons. The minimum absolute atomic E-state index is 0.247. The number of aliphatic imine (C=N–C) groups is 1. The molecule has 7 heteroatoms. The molecule has 1 aliphatic rings. The number of nitrogens with one attached hydrogen (secondary N) is 4. The van der Waals surface area contributed by atoms with Crippen LogP contribution in [0.5, 0.6) is 0 Å². The number of aromatic amines is 2. The lowest BCUT2D eigenvalue weighted by Gasteiger charge is -2.31. The molecule has 1 unspecified atom stereocenters. The Morgan fingerprint density at radius 2 is 2.00 bits per heavy atom. The van der Waals surface area contributed by atoms with Gasteiger partial charge in [0, 0.05) is 52.0 Å². The second kappa shape index (κ2) is 7.03. The Balaban J connectivity index is 1.29. The molecule has 152 valence electrons. The number of halogens is 1. The molecule has 0 fully saturated rings. The zero-order valence-electron chi connectivity index (χ0n) is 16.6. The molecule has 30 heavy (non-hydrogen) atoms. The van der Waals surface area contributed by atoms with Gasteiger partial charge in [0.15, 0.2) is 5.79 Å². The molecule has 0 spiro atoms. The molecule has 2 aromatic carbocycles. The van der Waals surface area contributed by atoms with Crippen LogP contribution in [0.3, 0.4) is 0 Å². The smallest absolute Gasteiger partial charge is 0.183 e. The van der Waals surface area contributed by atoms with E-state index >= 15 is 0 Å². The summed E-state index contributed by atoms with van der Waals surface area (Å²) in [7, 11) is 0.